The molecule has 0 unspecified atom stereocenters. The van der Waals surface area contributed by atoms with Gasteiger partial charge >= 0.3 is 0 Å². The number of amides is 1. The SMILES string of the molecule is CC(=O)n1cc(/C=N/NC(=O)c2cccnc2)c2ccccc21. The standard InChI is InChI=1S/C17H14N4O2/c1-12(22)21-11-14(15-6-2-3-7-16(15)21)10-19-20-17(23)13-5-4-8-18-9-13/h2-11H,1H3,(H,20,23)/b19-10+. The molecule has 0 aliphatic heterocycles. The molecule has 3 rings (SSSR count). The smallest absolute Gasteiger partial charge is 0.272 e. The lowest BCUT2D eigenvalue weighted by molar-refractivity contribution is 0.0937. The highest BCUT2D eigenvalue weighted by Gasteiger charge is 2.09. The lowest BCUT2D eigenvalue weighted by atomic mass is 10.2. The normalized spacial score (nSPS) is 11.0. The molecule has 0 saturated carbocycles. The lowest BCUT2D eigenvalue weighted by Crippen LogP contribution is -2.17. The maximum Gasteiger partial charge on any atom is 0.272 e. The number of carbonyl (C=O) groups is 2. The molecule has 1 N–H and O–H groups in total. The Hall–Kier alpha value is -3.28. The number of hydrogen-bond acceptors (Lipinski definition) is 4. The van der Waals surface area contributed by atoms with Crippen LogP contribution in [-0.2, 0) is 0 Å². The van der Waals surface area contributed by atoms with Crippen LogP contribution in [0.5, 0.6) is 0 Å². The maximum atomic E-state index is 11.9. The average molecular weight is 306 g/mol. The third-order valence-corrected chi connectivity index (χ3v) is 3.38. The largest absolute Gasteiger partial charge is 0.287 e. The monoisotopic (exact) mass is 306 g/mol. The fourth-order valence-electron chi connectivity index (χ4n) is 2.29. The first-order valence-corrected chi connectivity index (χ1v) is 7.01. The molecule has 0 spiro atoms. The number of carbonyl (C=O) groups excluding carboxylic acids is 2. The van der Waals surface area contributed by atoms with E-state index in [0.717, 1.165) is 16.5 Å². The van der Waals surface area contributed by atoms with E-state index < -0.39 is 0 Å². The molecule has 23 heavy (non-hydrogen) atoms. The van der Waals surface area contributed by atoms with Gasteiger partial charge < -0.3 is 0 Å². The molecule has 2 aromatic heterocycles. The third-order valence-electron chi connectivity index (χ3n) is 3.38. The molecule has 114 valence electrons. The van der Waals surface area contributed by atoms with E-state index in [1.165, 1.54) is 19.3 Å². The van der Waals surface area contributed by atoms with Crippen LogP contribution in [-0.4, -0.2) is 27.6 Å². The van der Waals surface area contributed by atoms with Crippen LogP contribution in [0.4, 0.5) is 0 Å². The molecule has 2 heterocycles. The van der Waals surface area contributed by atoms with Gasteiger partial charge in [0, 0.05) is 36.5 Å². The molecule has 3 aromatic rings. The number of hydrogen-bond donors (Lipinski definition) is 1. The Balaban J connectivity index is 1.84. The zero-order valence-electron chi connectivity index (χ0n) is 12.4. The second-order valence-corrected chi connectivity index (χ2v) is 4.93. The van der Waals surface area contributed by atoms with Crippen LogP contribution < -0.4 is 5.43 Å². The fraction of sp³-hybridized carbons (Fsp3) is 0.0588. The van der Waals surface area contributed by atoms with Gasteiger partial charge in [0.15, 0.2) is 0 Å². The van der Waals surface area contributed by atoms with Gasteiger partial charge in [0.1, 0.15) is 0 Å². The zero-order chi connectivity index (χ0) is 16.2. The van der Waals surface area contributed by atoms with Crippen LogP contribution in [0, 0.1) is 0 Å². The van der Waals surface area contributed by atoms with Crippen molar-refractivity contribution in [1.82, 2.24) is 15.0 Å². The number of rotatable bonds is 3. The molecule has 6 nitrogen and oxygen atoms in total. The summed E-state index contributed by atoms with van der Waals surface area (Å²) < 4.78 is 1.56. The minimum atomic E-state index is -0.343. The molecule has 0 aliphatic rings. The average Bonchev–Trinajstić information content (AvgIpc) is 2.95. The van der Waals surface area contributed by atoms with Crippen molar-refractivity contribution in [3.8, 4) is 0 Å². The maximum absolute atomic E-state index is 11.9. The minimum absolute atomic E-state index is 0.0831. The summed E-state index contributed by atoms with van der Waals surface area (Å²) in [5.41, 5.74) is 4.43. The Kier molecular flexibility index (Phi) is 3.97. The molecule has 0 saturated heterocycles. The molecule has 0 atom stereocenters. The van der Waals surface area contributed by atoms with E-state index in [2.05, 4.69) is 15.5 Å². The van der Waals surface area contributed by atoms with E-state index in [1.807, 2.05) is 24.3 Å². The highest BCUT2D eigenvalue weighted by atomic mass is 16.2. The van der Waals surface area contributed by atoms with Crippen molar-refractivity contribution < 1.29 is 9.59 Å². The third kappa shape index (κ3) is 3.01. The number of aromatic nitrogens is 2. The number of fused-ring (bicyclic) bond motifs is 1. The van der Waals surface area contributed by atoms with Gasteiger partial charge in [-0.15, -0.1) is 0 Å². The van der Waals surface area contributed by atoms with Crippen LogP contribution in [0.25, 0.3) is 10.9 Å². The number of benzene rings is 1. The molecule has 6 heteroatoms. The van der Waals surface area contributed by atoms with E-state index in [4.69, 9.17) is 0 Å². The van der Waals surface area contributed by atoms with Gasteiger partial charge in [0.05, 0.1) is 17.3 Å². The van der Waals surface area contributed by atoms with Gasteiger partial charge in [-0.2, -0.15) is 5.10 Å². The van der Waals surface area contributed by atoms with Crippen molar-refractivity contribution in [1.29, 1.82) is 0 Å². The number of hydrazone groups is 1. The summed E-state index contributed by atoms with van der Waals surface area (Å²) in [6, 6.07) is 10.9. The molecule has 0 aliphatic carbocycles. The Bertz CT molecular complexity index is 897. The van der Waals surface area contributed by atoms with Crippen molar-refractivity contribution in [2.75, 3.05) is 0 Å². The second-order valence-electron chi connectivity index (χ2n) is 4.93. The van der Waals surface area contributed by atoms with Crippen LogP contribution in [0.3, 0.4) is 0 Å². The summed E-state index contributed by atoms with van der Waals surface area (Å²) in [5.74, 6) is -0.426. The van der Waals surface area contributed by atoms with E-state index in [9.17, 15) is 9.59 Å². The summed E-state index contributed by atoms with van der Waals surface area (Å²) in [7, 11) is 0. The highest BCUT2D eigenvalue weighted by Crippen LogP contribution is 2.19. The van der Waals surface area contributed by atoms with Gasteiger partial charge in [-0.05, 0) is 18.2 Å². The topological polar surface area (TPSA) is 76.3 Å². The minimum Gasteiger partial charge on any atom is -0.287 e. The van der Waals surface area contributed by atoms with Crippen LogP contribution in [0.2, 0.25) is 0 Å². The molecule has 1 amide bonds. The molecular weight excluding hydrogens is 292 g/mol. The highest BCUT2D eigenvalue weighted by molar-refractivity contribution is 6.03. The van der Waals surface area contributed by atoms with Crippen molar-refractivity contribution >= 4 is 28.9 Å². The van der Waals surface area contributed by atoms with Crippen molar-refractivity contribution in [2.45, 2.75) is 6.92 Å². The van der Waals surface area contributed by atoms with E-state index >= 15 is 0 Å². The summed E-state index contributed by atoms with van der Waals surface area (Å²) in [6.45, 7) is 1.50. The number of nitrogens with zero attached hydrogens (tertiary/aromatic N) is 3. The Morgan fingerprint density at radius 3 is 2.78 bits per heavy atom. The van der Waals surface area contributed by atoms with Gasteiger partial charge in [-0.25, -0.2) is 5.43 Å². The van der Waals surface area contributed by atoms with E-state index in [-0.39, 0.29) is 11.8 Å². The van der Waals surface area contributed by atoms with Gasteiger partial charge in [0.25, 0.3) is 5.91 Å². The summed E-state index contributed by atoms with van der Waals surface area (Å²) in [5, 5.41) is 4.85. The fourth-order valence-corrected chi connectivity index (χ4v) is 2.29. The summed E-state index contributed by atoms with van der Waals surface area (Å²) >= 11 is 0. The van der Waals surface area contributed by atoms with E-state index in [1.54, 1.807) is 29.1 Å². The van der Waals surface area contributed by atoms with Crippen LogP contribution in [0.15, 0.2) is 60.1 Å². The quantitative estimate of drug-likeness (QED) is 0.596. The Morgan fingerprint density at radius 2 is 2.04 bits per heavy atom. The number of pyridine rings is 1. The summed E-state index contributed by atoms with van der Waals surface area (Å²) in [6.07, 6.45) is 6.28. The number of para-hydroxylation sites is 1. The van der Waals surface area contributed by atoms with Crippen molar-refractivity contribution in [2.24, 2.45) is 5.10 Å². The first-order chi connectivity index (χ1) is 11.2. The van der Waals surface area contributed by atoms with Crippen LogP contribution in [0.1, 0.15) is 27.6 Å². The number of nitrogens with one attached hydrogen (secondary N) is 1. The van der Waals surface area contributed by atoms with Gasteiger partial charge in [-0.1, -0.05) is 18.2 Å². The molecule has 0 radical (unpaired) electrons. The van der Waals surface area contributed by atoms with Crippen molar-refractivity contribution in [3.05, 3.63) is 66.1 Å². The van der Waals surface area contributed by atoms with Crippen molar-refractivity contribution in [3.63, 3.8) is 0 Å². The van der Waals surface area contributed by atoms with Gasteiger partial charge in [0.2, 0.25) is 5.91 Å². The lowest BCUT2D eigenvalue weighted by Gasteiger charge is -1.97. The first-order valence-electron chi connectivity index (χ1n) is 7.01. The van der Waals surface area contributed by atoms with E-state index in [0.29, 0.717) is 5.56 Å². The Labute approximate surface area is 132 Å². The second kappa shape index (κ2) is 6.23. The zero-order valence-corrected chi connectivity index (χ0v) is 12.4. The predicted octanol–water partition coefficient (Wildman–Crippen LogP) is 2.46. The first kappa shape index (κ1) is 14.6. The summed E-state index contributed by atoms with van der Waals surface area (Å²) in [4.78, 5) is 27.5. The Morgan fingerprint density at radius 1 is 1.22 bits per heavy atom. The van der Waals surface area contributed by atoms with Gasteiger partial charge in [-0.3, -0.25) is 19.1 Å². The molecular formula is C17H14N4O2. The molecule has 0 fully saturated rings. The predicted molar refractivity (Wildman–Crippen MR) is 87.5 cm³/mol. The molecule has 0 bridgehead atoms. The van der Waals surface area contributed by atoms with Crippen LogP contribution >= 0.6 is 0 Å². The molecule has 1 aromatic carbocycles.